The Hall–Kier alpha value is -1.06. The summed E-state index contributed by atoms with van der Waals surface area (Å²) < 4.78 is 0. The van der Waals surface area contributed by atoms with Gasteiger partial charge in [-0.05, 0) is 18.6 Å². The van der Waals surface area contributed by atoms with E-state index < -0.39 is 0 Å². The fraction of sp³-hybridized carbons (Fsp3) is 0.300. The normalized spacial score (nSPS) is 13.4. The van der Waals surface area contributed by atoms with Crippen molar-refractivity contribution in [1.82, 2.24) is 9.97 Å². The number of nitrogens with one attached hydrogen (secondary N) is 1. The maximum atomic E-state index is 5.99. The van der Waals surface area contributed by atoms with Crippen LogP contribution in [0.5, 0.6) is 0 Å². The maximum Gasteiger partial charge on any atom is 0.124 e. The lowest BCUT2D eigenvalue weighted by atomic mass is 10.2. The average molecular weight is 210 g/mol. The molecule has 1 aromatic carbocycles. The van der Waals surface area contributed by atoms with Crippen LogP contribution in [0, 0.1) is 0 Å². The van der Waals surface area contributed by atoms with Crippen LogP contribution in [0.3, 0.4) is 0 Å². The minimum absolute atomic E-state index is 0.0431. The highest BCUT2D eigenvalue weighted by Gasteiger charge is 2.10. The molecule has 1 unspecified atom stereocenters. The van der Waals surface area contributed by atoms with Crippen molar-refractivity contribution in [2.45, 2.75) is 19.4 Å². The van der Waals surface area contributed by atoms with Crippen LogP contribution in [0.15, 0.2) is 18.2 Å². The molecule has 0 aliphatic heterocycles. The van der Waals surface area contributed by atoms with Gasteiger partial charge in [-0.2, -0.15) is 0 Å². The monoisotopic (exact) mass is 209 g/mol. The first-order valence-corrected chi connectivity index (χ1v) is 5.00. The highest BCUT2D eigenvalue weighted by atomic mass is 35.5. The molecule has 74 valence electrons. The quantitative estimate of drug-likeness (QED) is 0.799. The fourth-order valence-corrected chi connectivity index (χ4v) is 1.60. The Balaban J connectivity index is 2.56. The number of H-pyrrole nitrogens is 1. The summed E-state index contributed by atoms with van der Waals surface area (Å²) in [4.78, 5) is 7.54. The molecule has 0 aliphatic rings. The van der Waals surface area contributed by atoms with Gasteiger partial charge in [0.1, 0.15) is 11.3 Å². The van der Waals surface area contributed by atoms with E-state index in [2.05, 4.69) is 9.97 Å². The summed E-state index contributed by atoms with van der Waals surface area (Å²) in [6.07, 6.45) is 0.859. The number of halogens is 1. The molecule has 0 aliphatic carbocycles. The van der Waals surface area contributed by atoms with Crippen LogP contribution in [0.4, 0.5) is 0 Å². The summed E-state index contributed by atoms with van der Waals surface area (Å²) in [6.45, 7) is 2.03. The maximum absolute atomic E-state index is 5.99. The van der Waals surface area contributed by atoms with Gasteiger partial charge in [0.05, 0.1) is 16.6 Å². The molecule has 3 N–H and O–H groups in total. The molecular weight excluding hydrogens is 198 g/mol. The second kappa shape index (κ2) is 3.59. The van der Waals surface area contributed by atoms with E-state index in [1.54, 1.807) is 0 Å². The second-order valence-electron chi connectivity index (χ2n) is 3.27. The third-order valence-corrected chi connectivity index (χ3v) is 2.58. The largest absolute Gasteiger partial charge is 0.341 e. The summed E-state index contributed by atoms with van der Waals surface area (Å²) in [7, 11) is 0. The predicted molar refractivity (Wildman–Crippen MR) is 58.3 cm³/mol. The number of fused-ring (bicyclic) bond motifs is 1. The molecule has 0 bridgehead atoms. The molecular formula is C10H12ClN3. The lowest BCUT2D eigenvalue weighted by Gasteiger charge is -2.02. The van der Waals surface area contributed by atoms with Crippen molar-refractivity contribution in [3.05, 3.63) is 29.0 Å². The van der Waals surface area contributed by atoms with Crippen LogP contribution in [0.1, 0.15) is 25.2 Å². The molecule has 2 aromatic rings. The number of hydrogen-bond donors (Lipinski definition) is 2. The Bertz CT molecular complexity index is 450. The van der Waals surface area contributed by atoms with Gasteiger partial charge < -0.3 is 10.7 Å². The van der Waals surface area contributed by atoms with E-state index in [1.165, 1.54) is 0 Å². The van der Waals surface area contributed by atoms with E-state index in [1.807, 2.05) is 25.1 Å². The summed E-state index contributed by atoms with van der Waals surface area (Å²) >= 11 is 5.99. The number of aromatic amines is 1. The number of nitrogens with zero attached hydrogens (tertiary/aromatic N) is 1. The molecule has 0 saturated heterocycles. The number of aromatic nitrogens is 2. The molecule has 1 heterocycles. The molecule has 1 aromatic heterocycles. The minimum atomic E-state index is -0.0431. The van der Waals surface area contributed by atoms with E-state index in [-0.39, 0.29) is 6.04 Å². The van der Waals surface area contributed by atoms with E-state index in [0.29, 0.717) is 5.02 Å². The van der Waals surface area contributed by atoms with E-state index in [9.17, 15) is 0 Å². The van der Waals surface area contributed by atoms with Crippen LogP contribution in [0.25, 0.3) is 11.0 Å². The molecule has 1 atom stereocenters. The lowest BCUT2D eigenvalue weighted by Crippen LogP contribution is -2.10. The number of benzene rings is 1. The van der Waals surface area contributed by atoms with E-state index in [0.717, 1.165) is 23.3 Å². The van der Waals surface area contributed by atoms with Crippen molar-refractivity contribution in [2.75, 3.05) is 0 Å². The molecule has 0 radical (unpaired) electrons. The Labute approximate surface area is 87.3 Å². The van der Waals surface area contributed by atoms with Crippen LogP contribution < -0.4 is 5.73 Å². The smallest absolute Gasteiger partial charge is 0.124 e. The second-order valence-corrected chi connectivity index (χ2v) is 3.68. The van der Waals surface area contributed by atoms with Gasteiger partial charge in [-0.1, -0.05) is 24.6 Å². The Morgan fingerprint density at radius 3 is 3.00 bits per heavy atom. The van der Waals surface area contributed by atoms with Gasteiger partial charge in [-0.25, -0.2) is 4.98 Å². The number of rotatable bonds is 2. The Kier molecular flexibility index (Phi) is 2.44. The minimum Gasteiger partial charge on any atom is -0.341 e. The first-order valence-electron chi connectivity index (χ1n) is 4.62. The molecule has 3 nitrogen and oxygen atoms in total. The molecule has 0 saturated carbocycles. The van der Waals surface area contributed by atoms with Crippen LogP contribution in [0.2, 0.25) is 5.02 Å². The van der Waals surface area contributed by atoms with Crippen molar-refractivity contribution in [3.63, 3.8) is 0 Å². The molecule has 2 rings (SSSR count). The SMILES string of the molecule is CCC(N)c1nc2c(Cl)cccc2[nH]1. The van der Waals surface area contributed by atoms with Crippen molar-refractivity contribution in [3.8, 4) is 0 Å². The van der Waals surface area contributed by atoms with Crippen LogP contribution >= 0.6 is 11.6 Å². The number of hydrogen-bond acceptors (Lipinski definition) is 2. The molecule has 14 heavy (non-hydrogen) atoms. The van der Waals surface area contributed by atoms with Gasteiger partial charge in [0.25, 0.3) is 0 Å². The molecule has 0 fully saturated rings. The topological polar surface area (TPSA) is 54.7 Å². The molecule has 4 heteroatoms. The van der Waals surface area contributed by atoms with Crippen molar-refractivity contribution >= 4 is 22.6 Å². The standard InChI is InChI=1S/C10H12ClN3/c1-2-7(12)10-13-8-5-3-4-6(11)9(8)14-10/h3-5,7H,2,12H2,1H3,(H,13,14). The van der Waals surface area contributed by atoms with Gasteiger partial charge >= 0.3 is 0 Å². The van der Waals surface area contributed by atoms with E-state index >= 15 is 0 Å². The first kappa shape index (κ1) is 9.49. The van der Waals surface area contributed by atoms with Gasteiger partial charge in [-0.3, -0.25) is 0 Å². The zero-order valence-corrected chi connectivity index (χ0v) is 8.67. The zero-order valence-electron chi connectivity index (χ0n) is 7.92. The van der Waals surface area contributed by atoms with Gasteiger partial charge in [0.2, 0.25) is 0 Å². The Morgan fingerprint density at radius 1 is 1.57 bits per heavy atom. The fourth-order valence-electron chi connectivity index (χ4n) is 1.39. The first-order chi connectivity index (χ1) is 6.72. The highest BCUT2D eigenvalue weighted by molar-refractivity contribution is 6.34. The predicted octanol–water partition coefficient (Wildman–Crippen LogP) is 2.63. The summed E-state index contributed by atoms with van der Waals surface area (Å²) in [5, 5.41) is 0.660. The number of nitrogens with two attached hydrogens (primary N) is 1. The summed E-state index contributed by atoms with van der Waals surface area (Å²) in [5.74, 6) is 0.801. The summed E-state index contributed by atoms with van der Waals surface area (Å²) in [6, 6.07) is 5.62. The third kappa shape index (κ3) is 1.49. The highest BCUT2D eigenvalue weighted by Crippen LogP contribution is 2.23. The molecule has 0 amide bonds. The molecule has 0 spiro atoms. The third-order valence-electron chi connectivity index (χ3n) is 2.27. The summed E-state index contributed by atoms with van der Waals surface area (Å²) in [5.41, 5.74) is 7.61. The van der Waals surface area contributed by atoms with Gasteiger partial charge in [0, 0.05) is 0 Å². The van der Waals surface area contributed by atoms with Crippen molar-refractivity contribution in [2.24, 2.45) is 5.73 Å². The zero-order chi connectivity index (χ0) is 10.1. The van der Waals surface area contributed by atoms with Crippen molar-refractivity contribution < 1.29 is 0 Å². The average Bonchev–Trinajstić information content (AvgIpc) is 2.62. The van der Waals surface area contributed by atoms with E-state index in [4.69, 9.17) is 17.3 Å². The Morgan fingerprint density at radius 2 is 2.36 bits per heavy atom. The number of para-hydroxylation sites is 1. The van der Waals surface area contributed by atoms with Gasteiger partial charge in [-0.15, -0.1) is 0 Å². The van der Waals surface area contributed by atoms with Crippen LogP contribution in [-0.2, 0) is 0 Å². The van der Waals surface area contributed by atoms with Crippen molar-refractivity contribution in [1.29, 1.82) is 0 Å². The van der Waals surface area contributed by atoms with Gasteiger partial charge in [0.15, 0.2) is 0 Å². The van der Waals surface area contributed by atoms with Crippen LogP contribution in [-0.4, -0.2) is 9.97 Å². The number of imidazole rings is 1. The lowest BCUT2D eigenvalue weighted by molar-refractivity contribution is 0.660.